The van der Waals surface area contributed by atoms with Crippen molar-refractivity contribution in [2.75, 3.05) is 14.2 Å². The SMILES string of the molecule is COC(=O)C(C)(C)C(=O)c1ccc(OC)c2[nH]c(C(F)(F)F)nc12. The lowest BCUT2D eigenvalue weighted by Crippen LogP contribution is -2.34. The average Bonchev–Trinajstić information content (AvgIpc) is 2.97. The highest BCUT2D eigenvalue weighted by atomic mass is 19.4. The van der Waals surface area contributed by atoms with Crippen molar-refractivity contribution in [2.24, 2.45) is 5.41 Å². The van der Waals surface area contributed by atoms with Crippen molar-refractivity contribution in [3.05, 3.63) is 23.5 Å². The van der Waals surface area contributed by atoms with Crippen LogP contribution in [0.1, 0.15) is 30.0 Å². The second kappa shape index (κ2) is 5.81. The number of nitrogens with one attached hydrogen (secondary N) is 1. The molecule has 130 valence electrons. The highest BCUT2D eigenvalue weighted by Gasteiger charge is 2.40. The number of esters is 1. The van der Waals surface area contributed by atoms with Crippen molar-refractivity contribution in [2.45, 2.75) is 20.0 Å². The van der Waals surface area contributed by atoms with Crippen LogP contribution in [0.25, 0.3) is 11.0 Å². The third-order valence-corrected chi connectivity index (χ3v) is 3.60. The van der Waals surface area contributed by atoms with Crippen LogP contribution in [0.3, 0.4) is 0 Å². The number of hydrogen-bond donors (Lipinski definition) is 1. The largest absolute Gasteiger partial charge is 0.494 e. The summed E-state index contributed by atoms with van der Waals surface area (Å²) in [6.45, 7) is 2.66. The van der Waals surface area contributed by atoms with E-state index in [4.69, 9.17) is 4.74 Å². The van der Waals surface area contributed by atoms with Crippen LogP contribution in [0, 0.1) is 5.41 Å². The van der Waals surface area contributed by atoms with Gasteiger partial charge in [0.2, 0.25) is 5.82 Å². The zero-order valence-corrected chi connectivity index (χ0v) is 13.4. The number of aromatic nitrogens is 2. The van der Waals surface area contributed by atoms with Gasteiger partial charge in [0.25, 0.3) is 0 Å². The zero-order valence-electron chi connectivity index (χ0n) is 13.4. The lowest BCUT2D eigenvalue weighted by molar-refractivity contribution is -0.148. The van der Waals surface area contributed by atoms with Gasteiger partial charge in [-0.2, -0.15) is 13.2 Å². The number of carbonyl (C=O) groups excluding carboxylic acids is 2. The molecule has 0 amide bonds. The van der Waals surface area contributed by atoms with Crippen molar-refractivity contribution in [1.29, 1.82) is 0 Å². The highest BCUT2D eigenvalue weighted by molar-refractivity contribution is 6.17. The molecule has 0 bridgehead atoms. The number of methoxy groups -OCH3 is 2. The number of H-pyrrole nitrogens is 1. The molecule has 0 spiro atoms. The lowest BCUT2D eigenvalue weighted by Gasteiger charge is -2.20. The summed E-state index contributed by atoms with van der Waals surface area (Å²) in [6.07, 6.45) is -4.72. The Morgan fingerprint density at radius 1 is 1.17 bits per heavy atom. The van der Waals surface area contributed by atoms with E-state index < -0.39 is 29.2 Å². The molecule has 1 aromatic heterocycles. The maximum Gasteiger partial charge on any atom is 0.449 e. The molecule has 2 aromatic rings. The topological polar surface area (TPSA) is 81.3 Å². The molecule has 0 aliphatic rings. The number of ether oxygens (including phenoxy) is 2. The average molecular weight is 344 g/mol. The third-order valence-electron chi connectivity index (χ3n) is 3.60. The van der Waals surface area contributed by atoms with Crippen molar-refractivity contribution < 1.29 is 32.2 Å². The van der Waals surface area contributed by atoms with E-state index in [-0.39, 0.29) is 22.3 Å². The van der Waals surface area contributed by atoms with Crippen molar-refractivity contribution in [3.63, 3.8) is 0 Å². The van der Waals surface area contributed by atoms with Gasteiger partial charge in [-0.05, 0) is 26.0 Å². The first-order chi connectivity index (χ1) is 11.0. The number of rotatable bonds is 4. The first kappa shape index (κ1) is 17.8. The second-order valence-corrected chi connectivity index (χ2v) is 5.57. The maximum absolute atomic E-state index is 12.9. The Morgan fingerprint density at radius 2 is 1.79 bits per heavy atom. The van der Waals surface area contributed by atoms with Gasteiger partial charge in [-0.15, -0.1) is 0 Å². The summed E-state index contributed by atoms with van der Waals surface area (Å²) < 4.78 is 48.3. The van der Waals surface area contributed by atoms with Gasteiger partial charge in [0.1, 0.15) is 22.2 Å². The Morgan fingerprint density at radius 3 is 2.29 bits per heavy atom. The van der Waals surface area contributed by atoms with Gasteiger partial charge in [0.05, 0.1) is 14.2 Å². The predicted molar refractivity (Wildman–Crippen MR) is 77.8 cm³/mol. The molecule has 9 heteroatoms. The standard InChI is InChI=1S/C15H15F3N2O4/c1-14(2,13(22)24-4)11(21)7-5-6-8(23-3)10-9(7)19-12(20-10)15(16,17)18/h5-6H,1-4H3,(H,19,20). The quantitative estimate of drug-likeness (QED) is 0.524. The summed E-state index contributed by atoms with van der Waals surface area (Å²) in [6, 6.07) is 2.61. The van der Waals surface area contributed by atoms with E-state index in [1.165, 1.54) is 33.1 Å². The molecule has 1 heterocycles. The van der Waals surface area contributed by atoms with Crippen molar-refractivity contribution >= 4 is 22.8 Å². The van der Waals surface area contributed by atoms with Crippen LogP contribution >= 0.6 is 0 Å². The molecule has 0 fully saturated rings. The fourth-order valence-electron chi connectivity index (χ4n) is 2.24. The van der Waals surface area contributed by atoms with Crippen LogP contribution in [-0.4, -0.2) is 35.9 Å². The highest BCUT2D eigenvalue weighted by Crippen LogP contribution is 2.35. The van der Waals surface area contributed by atoms with Gasteiger partial charge in [-0.3, -0.25) is 9.59 Å². The van der Waals surface area contributed by atoms with Gasteiger partial charge in [0.15, 0.2) is 5.78 Å². The molecule has 6 nitrogen and oxygen atoms in total. The summed E-state index contributed by atoms with van der Waals surface area (Å²) in [7, 11) is 2.40. The third kappa shape index (κ3) is 2.81. The molecule has 0 saturated heterocycles. The Labute approximate surface area is 135 Å². The number of fused-ring (bicyclic) bond motifs is 1. The van der Waals surface area contributed by atoms with Crippen LogP contribution in [0.4, 0.5) is 13.2 Å². The minimum Gasteiger partial charge on any atom is -0.494 e. The van der Waals surface area contributed by atoms with E-state index in [1.807, 2.05) is 0 Å². The monoisotopic (exact) mass is 344 g/mol. The Balaban J connectivity index is 2.70. The number of halogens is 3. The summed E-state index contributed by atoms with van der Waals surface area (Å²) in [5, 5.41) is 0. The minimum absolute atomic E-state index is 0.0728. The zero-order chi connectivity index (χ0) is 18.3. The predicted octanol–water partition coefficient (Wildman–Crippen LogP) is 2.97. The minimum atomic E-state index is -4.72. The van der Waals surface area contributed by atoms with Gasteiger partial charge < -0.3 is 14.5 Å². The fraction of sp³-hybridized carbons (Fsp3) is 0.400. The van der Waals surface area contributed by atoms with Crippen molar-refractivity contribution in [1.82, 2.24) is 9.97 Å². The number of alkyl halides is 3. The summed E-state index contributed by atoms with van der Waals surface area (Å²) >= 11 is 0. The van der Waals surface area contributed by atoms with Crippen LogP contribution in [-0.2, 0) is 15.7 Å². The maximum atomic E-state index is 12.9. The molecule has 24 heavy (non-hydrogen) atoms. The van der Waals surface area contributed by atoms with E-state index in [0.29, 0.717) is 0 Å². The summed E-state index contributed by atoms with van der Waals surface area (Å²) in [5.74, 6) is -2.67. The van der Waals surface area contributed by atoms with Crippen LogP contribution in [0.15, 0.2) is 12.1 Å². The van der Waals surface area contributed by atoms with Gasteiger partial charge in [0, 0.05) is 5.56 Å². The summed E-state index contributed by atoms with van der Waals surface area (Å²) in [5.41, 5.74) is -2.00. The van der Waals surface area contributed by atoms with E-state index >= 15 is 0 Å². The molecule has 1 aromatic carbocycles. The number of Topliss-reactive ketones (excluding diaryl/α,β-unsaturated/α-hetero) is 1. The van der Waals surface area contributed by atoms with Crippen molar-refractivity contribution in [3.8, 4) is 5.75 Å². The van der Waals surface area contributed by atoms with Gasteiger partial charge in [-0.25, -0.2) is 4.98 Å². The lowest BCUT2D eigenvalue weighted by atomic mass is 9.84. The van der Waals surface area contributed by atoms with E-state index in [0.717, 1.165) is 7.11 Å². The van der Waals surface area contributed by atoms with Crippen LogP contribution in [0.2, 0.25) is 0 Å². The number of ketones is 1. The molecule has 0 saturated carbocycles. The van der Waals surface area contributed by atoms with Crippen LogP contribution < -0.4 is 4.74 Å². The Bertz CT molecular complexity index is 809. The van der Waals surface area contributed by atoms with E-state index in [1.54, 1.807) is 0 Å². The Hall–Kier alpha value is -2.58. The number of imidazole rings is 1. The van der Waals surface area contributed by atoms with Gasteiger partial charge in [-0.1, -0.05) is 0 Å². The summed E-state index contributed by atoms with van der Waals surface area (Å²) in [4.78, 5) is 30.1. The van der Waals surface area contributed by atoms with E-state index in [2.05, 4.69) is 14.7 Å². The number of hydrogen-bond acceptors (Lipinski definition) is 5. The molecule has 0 radical (unpaired) electrons. The molecule has 2 rings (SSSR count). The van der Waals surface area contributed by atoms with E-state index in [9.17, 15) is 22.8 Å². The number of benzene rings is 1. The molecule has 0 unspecified atom stereocenters. The molecular weight excluding hydrogens is 329 g/mol. The second-order valence-electron chi connectivity index (χ2n) is 5.57. The smallest absolute Gasteiger partial charge is 0.449 e. The molecular formula is C15H15F3N2O4. The number of nitrogens with zero attached hydrogens (tertiary/aromatic N) is 1. The Kier molecular flexibility index (Phi) is 4.30. The fourth-order valence-corrected chi connectivity index (χ4v) is 2.24. The molecule has 0 aliphatic heterocycles. The molecule has 1 N–H and O–H groups in total. The molecule has 0 aliphatic carbocycles. The van der Waals surface area contributed by atoms with Crippen LogP contribution in [0.5, 0.6) is 5.75 Å². The number of aromatic amines is 1. The first-order valence-corrected chi connectivity index (χ1v) is 6.81. The first-order valence-electron chi connectivity index (χ1n) is 6.81. The molecule has 0 atom stereocenters. The van der Waals surface area contributed by atoms with Gasteiger partial charge >= 0.3 is 12.1 Å². The normalized spacial score (nSPS) is 12.3. The number of carbonyl (C=O) groups is 2.